The molecular formula is C21H38N4O2. The van der Waals surface area contributed by atoms with Gasteiger partial charge in [-0.15, -0.1) is 0 Å². The molecule has 6 heteroatoms. The Bertz CT molecular complexity index is 477. The number of hydrogen-bond acceptors (Lipinski definition) is 4. The predicted octanol–water partition coefficient (Wildman–Crippen LogP) is 1.56. The van der Waals surface area contributed by atoms with Crippen LogP contribution in [0.2, 0.25) is 0 Å². The molecule has 0 aromatic carbocycles. The number of piperidine rings is 2. The maximum absolute atomic E-state index is 12.6. The molecule has 0 radical (unpaired) electrons. The monoisotopic (exact) mass is 378 g/mol. The average Bonchev–Trinajstić information content (AvgIpc) is 2.73. The number of carbonyl (C=O) groups excluding carboxylic acids is 2. The van der Waals surface area contributed by atoms with Gasteiger partial charge in [-0.1, -0.05) is 6.92 Å². The number of rotatable bonds is 6. The molecule has 3 aliphatic rings. The van der Waals surface area contributed by atoms with E-state index in [1.54, 1.807) is 0 Å². The molecule has 27 heavy (non-hydrogen) atoms. The van der Waals surface area contributed by atoms with Crippen LogP contribution >= 0.6 is 0 Å². The molecule has 0 spiro atoms. The van der Waals surface area contributed by atoms with Crippen molar-refractivity contribution < 1.29 is 9.59 Å². The van der Waals surface area contributed by atoms with Gasteiger partial charge in [0.1, 0.15) is 0 Å². The van der Waals surface area contributed by atoms with Crippen molar-refractivity contribution in [2.45, 2.75) is 51.9 Å². The van der Waals surface area contributed by atoms with E-state index in [1.807, 2.05) is 9.80 Å². The van der Waals surface area contributed by atoms with Gasteiger partial charge in [-0.3, -0.25) is 9.59 Å². The van der Waals surface area contributed by atoms with Gasteiger partial charge in [0.05, 0.1) is 0 Å². The topological polar surface area (TPSA) is 55.9 Å². The second kappa shape index (κ2) is 10.4. The summed E-state index contributed by atoms with van der Waals surface area (Å²) in [6, 6.07) is 0. The van der Waals surface area contributed by atoms with Crippen LogP contribution in [0, 0.1) is 11.8 Å². The first kappa shape index (κ1) is 20.6. The van der Waals surface area contributed by atoms with Crippen LogP contribution in [0.1, 0.15) is 51.9 Å². The van der Waals surface area contributed by atoms with Crippen LogP contribution in [0.15, 0.2) is 0 Å². The number of nitrogens with zero attached hydrogens (tertiary/aromatic N) is 3. The minimum Gasteiger partial charge on any atom is -0.343 e. The fourth-order valence-electron chi connectivity index (χ4n) is 4.73. The van der Waals surface area contributed by atoms with Crippen LogP contribution in [0.3, 0.4) is 0 Å². The number of carbonyl (C=O) groups is 2. The fraction of sp³-hybridized carbons (Fsp3) is 0.905. The molecule has 1 N–H and O–H groups in total. The molecule has 0 bridgehead atoms. The van der Waals surface area contributed by atoms with Crippen molar-refractivity contribution in [1.82, 2.24) is 20.0 Å². The first-order chi connectivity index (χ1) is 13.2. The van der Waals surface area contributed by atoms with Gasteiger partial charge in [-0.25, -0.2) is 0 Å². The van der Waals surface area contributed by atoms with Gasteiger partial charge in [0.2, 0.25) is 11.8 Å². The van der Waals surface area contributed by atoms with Gasteiger partial charge < -0.3 is 20.0 Å². The molecule has 0 aliphatic carbocycles. The van der Waals surface area contributed by atoms with Gasteiger partial charge in [-0.2, -0.15) is 0 Å². The number of amides is 2. The molecule has 0 unspecified atom stereocenters. The van der Waals surface area contributed by atoms with Gasteiger partial charge in [0.25, 0.3) is 0 Å². The number of piperazine rings is 1. The lowest BCUT2D eigenvalue weighted by Crippen LogP contribution is -2.49. The molecule has 154 valence electrons. The van der Waals surface area contributed by atoms with Gasteiger partial charge in [-0.05, 0) is 63.6 Å². The summed E-state index contributed by atoms with van der Waals surface area (Å²) in [6.07, 6.45) is 6.81. The Kier molecular flexibility index (Phi) is 7.94. The predicted molar refractivity (Wildman–Crippen MR) is 107 cm³/mol. The van der Waals surface area contributed by atoms with Crippen molar-refractivity contribution in [3.63, 3.8) is 0 Å². The third kappa shape index (κ3) is 6.18. The maximum Gasteiger partial charge on any atom is 0.222 e. The van der Waals surface area contributed by atoms with Crippen LogP contribution < -0.4 is 5.32 Å². The molecule has 0 atom stereocenters. The Morgan fingerprint density at radius 3 is 2.07 bits per heavy atom. The molecule has 0 saturated carbocycles. The first-order valence-electron chi connectivity index (χ1n) is 11.1. The van der Waals surface area contributed by atoms with Crippen LogP contribution in [-0.2, 0) is 9.59 Å². The van der Waals surface area contributed by atoms with Crippen molar-refractivity contribution in [2.24, 2.45) is 11.8 Å². The van der Waals surface area contributed by atoms with Crippen LogP contribution in [0.5, 0.6) is 0 Å². The van der Waals surface area contributed by atoms with E-state index >= 15 is 0 Å². The number of nitrogens with one attached hydrogen (secondary N) is 1. The first-order valence-corrected chi connectivity index (χ1v) is 11.1. The third-order valence-electron chi connectivity index (χ3n) is 6.83. The summed E-state index contributed by atoms with van der Waals surface area (Å²) in [7, 11) is 0. The van der Waals surface area contributed by atoms with Crippen molar-refractivity contribution >= 4 is 11.8 Å². The Hall–Kier alpha value is -1.14. The molecule has 3 aliphatic heterocycles. The minimum atomic E-state index is 0.321. The zero-order valence-electron chi connectivity index (χ0n) is 17.1. The van der Waals surface area contributed by atoms with E-state index in [4.69, 9.17) is 0 Å². The normalized spacial score (nSPS) is 23.6. The summed E-state index contributed by atoms with van der Waals surface area (Å²) in [5.41, 5.74) is 0. The number of likely N-dealkylation sites (N-methyl/N-ethyl adjacent to an activating group) is 1. The Labute approximate surface area is 164 Å². The van der Waals surface area contributed by atoms with Gasteiger partial charge in [0.15, 0.2) is 0 Å². The molecule has 0 aromatic rings. The molecule has 6 nitrogen and oxygen atoms in total. The van der Waals surface area contributed by atoms with Crippen molar-refractivity contribution in [3.8, 4) is 0 Å². The fourth-order valence-corrected chi connectivity index (χ4v) is 4.73. The van der Waals surface area contributed by atoms with Gasteiger partial charge in [0, 0.05) is 52.1 Å². The Balaban J connectivity index is 1.32. The summed E-state index contributed by atoms with van der Waals surface area (Å²) in [4.78, 5) is 31.6. The average molecular weight is 379 g/mol. The molecule has 0 aromatic heterocycles. The molecular weight excluding hydrogens is 340 g/mol. The summed E-state index contributed by atoms with van der Waals surface area (Å²) in [6.45, 7) is 10.9. The van der Waals surface area contributed by atoms with Crippen LogP contribution in [-0.4, -0.2) is 85.4 Å². The van der Waals surface area contributed by atoms with Crippen molar-refractivity contribution in [2.75, 3.05) is 58.9 Å². The van der Waals surface area contributed by atoms with Crippen LogP contribution in [0.4, 0.5) is 0 Å². The van der Waals surface area contributed by atoms with E-state index < -0.39 is 0 Å². The zero-order valence-corrected chi connectivity index (χ0v) is 17.1. The minimum absolute atomic E-state index is 0.321. The summed E-state index contributed by atoms with van der Waals surface area (Å²) in [5.74, 6) is 1.82. The second-order valence-electron chi connectivity index (χ2n) is 8.58. The van der Waals surface area contributed by atoms with Crippen molar-refractivity contribution in [1.29, 1.82) is 0 Å². The highest BCUT2D eigenvalue weighted by Gasteiger charge is 2.27. The summed E-state index contributed by atoms with van der Waals surface area (Å²) < 4.78 is 0. The molecule has 3 heterocycles. The lowest BCUT2D eigenvalue weighted by molar-refractivity contribution is -0.135. The van der Waals surface area contributed by atoms with E-state index in [-0.39, 0.29) is 0 Å². The Morgan fingerprint density at radius 2 is 1.44 bits per heavy atom. The molecule has 3 fully saturated rings. The molecule has 2 amide bonds. The van der Waals surface area contributed by atoms with Gasteiger partial charge >= 0.3 is 0 Å². The largest absolute Gasteiger partial charge is 0.343 e. The lowest BCUT2D eigenvalue weighted by Gasteiger charge is -2.36. The standard InChI is InChI=1S/C21H38N4O2/c1-2-23-13-15-25(16-14-23)21(27)17-19-7-11-24(12-8-19)20(26)4-3-18-5-9-22-10-6-18/h18-19,22H,2-17H2,1H3. The number of likely N-dealkylation sites (tertiary alicyclic amines) is 1. The highest BCUT2D eigenvalue weighted by atomic mass is 16.2. The van der Waals surface area contributed by atoms with Crippen LogP contribution in [0.25, 0.3) is 0 Å². The Morgan fingerprint density at radius 1 is 0.815 bits per heavy atom. The van der Waals surface area contributed by atoms with Crippen molar-refractivity contribution in [3.05, 3.63) is 0 Å². The third-order valence-corrected chi connectivity index (χ3v) is 6.83. The molecule has 3 saturated heterocycles. The van der Waals surface area contributed by atoms with E-state index in [0.29, 0.717) is 30.6 Å². The smallest absolute Gasteiger partial charge is 0.222 e. The maximum atomic E-state index is 12.6. The second-order valence-corrected chi connectivity index (χ2v) is 8.58. The summed E-state index contributed by atoms with van der Waals surface area (Å²) in [5, 5.41) is 3.39. The zero-order chi connectivity index (χ0) is 19.1. The molecule has 3 rings (SSSR count). The van der Waals surface area contributed by atoms with E-state index in [0.717, 1.165) is 84.1 Å². The quantitative estimate of drug-likeness (QED) is 0.762. The lowest BCUT2D eigenvalue weighted by atomic mass is 9.91. The van der Waals surface area contributed by atoms with E-state index in [1.165, 1.54) is 12.8 Å². The highest BCUT2D eigenvalue weighted by molar-refractivity contribution is 5.77. The van der Waals surface area contributed by atoms with E-state index in [9.17, 15) is 9.59 Å². The SMILES string of the molecule is CCN1CCN(C(=O)CC2CCN(C(=O)CCC3CCNCC3)CC2)CC1. The highest BCUT2D eigenvalue weighted by Crippen LogP contribution is 2.24. The summed E-state index contributed by atoms with van der Waals surface area (Å²) >= 11 is 0. The number of hydrogen-bond donors (Lipinski definition) is 1. The van der Waals surface area contributed by atoms with E-state index in [2.05, 4.69) is 17.1 Å².